The molecule has 3 rings (SSSR count). The fourth-order valence-electron chi connectivity index (χ4n) is 2.81. The van der Waals surface area contributed by atoms with Crippen molar-refractivity contribution in [1.29, 1.82) is 0 Å². The Hall–Kier alpha value is -3.19. The maximum absolute atomic E-state index is 13.2. The minimum atomic E-state index is -0.431. The Bertz CT molecular complexity index is 1050. The highest BCUT2D eigenvalue weighted by molar-refractivity contribution is 6.33. The number of nitrogens with one attached hydrogen (secondary N) is 1. The predicted octanol–water partition coefficient (Wildman–Crippen LogP) is 3.99. The summed E-state index contributed by atoms with van der Waals surface area (Å²) < 4.78 is 14.5. The fraction of sp³-hybridized carbons (Fsp3) is 0.190. The number of anilines is 1. The summed E-state index contributed by atoms with van der Waals surface area (Å²) in [5.74, 6) is -1.14. The Morgan fingerprint density at radius 1 is 1.10 bits per heavy atom. The quantitative estimate of drug-likeness (QED) is 0.686. The van der Waals surface area contributed by atoms with E-state index in [9.17, 15) is 14.0 Å². The molecule has 1 aromatic heterocycles. The summed E-state index contributed by atoms with van der Waals surface area (Å²) in [5.41, 5.74) is 2.87. The standard InChI is InChI=1S/C21H20ClFN4O2/c1-13-4-8-16(9-5-13)24-18(28)12-26(3)21(29)19-14(2)25-27(20(19)22)17-10-6-15(23)7-11-17/h4-11H,12H2,1-3H3,(H,24,28). The SMILES string of the molecule is Cc1ccc(NC(=O)CN(C)C(=O)c2c(C)nn(-c3ccc(F)cc3)c2Cl)cc1. The normalized spacial score (nSPS) is 10.7. The third-order valence-corrected chi connectivity index (χ3v) is 4.70. The van der Waals surface area contributed by atoms with Crippen LogP contribution in [0.4, 0.5) is 10.1 Å². The number of hydrogen-bond donors (Lipinski definition) is 1. The molecule has 6 nitrogen and oxygen atoms in total. The van der Waals surface area contributed by atoms with Gasteiger partial charge in [-0.3, -0.25) is 9.59 Å². The third-order valence-electron chi connectivity index (χ3n) is 4.35. The monoisotopic (exact) mass is 414 g/mol. The highest BCUT2D eigenvalue weighted by Gasteiger charge is 2.25. The number of halogens is 2. The molecule has 0 atom stereocenters. The minimum Gasteiger partial charge on any atom is -0.332 e. The lowest BCUT2D eigenvalue weighted by atomic mass is 10.2. The topological polar surface area (TPSA) is 67.2 Å². The van der Waals surface area contributed by atoms with E-state index in [2.05, 4.69) is 10.4 Å². The van der Waals surface area contributed by atoms with Gasteiger partial charge in [0.2, 0.25) is 5.91 Å². The lowest BCUT2D eigenvalue weighted by Gasteiger charge is -2.17. The lowest BCUT2D eigenvalue weighted by Crippen LogP contribution is -2.35. The van der Waals surface area contributed by atoms with Gasteiger partial charge in [0.15, 0.2) is 0 Å². The largest absolute Gasteiger partial charge is 0.332 e. The average Bonchev–Trinajstić information content (AvgIpc) is 2.97. The summed E-state index contributed by atoms with van der Waals surface area (Å²) in [4.78, 5) is 26.4. The van der Waals surface area contributed by atoms with Crippen LogP contribution in [-0.4, -0.2) is 40.1 Å². The van der Waals surface area contributed by atoms with Gasteiger partial charge in [-0.2, -0.15) is 5.10 Å². The lowest BCUT2D eigenvalue weighted by molar-refractivity contribution is -0.116. The van der Waals surface area contributed by atoms with E-state index < -0.39 is 5.91 Å². The Morgan fingerprint density at radius 3 is 2.34 bits per heavy atom. The molecule has 29 heavy (non-hydrogen) atoms. The minimum absolute atomic E-state index is 0.102. The van der Waals surface area contributed by atoms with Gasteiger partial charge in [0.1, 0.15) is 11.0 Å². The van der Waals surface area contributed by atoms with Crippen molar-refractivity contribution in [3.05, 3.63) is 76.3 Å². The molecular weight excluding hydrogens is 395 g/mol. The molecule has 0 aliphatic rings. The van der Waals surface area contributed by atoms with Gasteiger partial charge in [-0.15, -0.1) is 0 Å². The second kappa shape index (κ2) is 8.45. The first-order valence-electron chi connectivity index (χ1n) is 8.89. The molecule has 0 bridgehead atoms. The van der Waals surface area contributed by atoms with Crippen molar-refractivity contribution >= 4 is 29.1 Å². The molecule has 0 fully saturated rings. The number of aromatic nitrogens is 2. The van der Waals surface area contributed by atoms with Gasteiger partial charge in [0.25, 0.3) is 5.91 Å². The Labute approximate surface area is 172 Å². The van der Waals surface area contributed by atoms with Gasteiger partial charge in [0.05, 0.1) is 23.5 Å². The molecule has 2 aromatic carbocycles. The van der Waals surface area contributed by atoms with Crippen molar-refractivity contribution in [1.82, 2.24) is 14.7 Å². The number of benzene rings is 2. The number of likely N-dealkylation sites (N-methyl/N-ethyl adjacent to an activating group) is 1. The van der Waals surface area contributed by atoms with Crippen LogP contribution in [0.25, 0.3) is 5.69 Å². The molecule has 8 heteroatoms. The van der Waals surface area contributed by atoms with E-state index in [-0.39, 0.29) is 29.0 Å². The first-order valence-corrected chi connectivity index (χ1v) is 9.27. The van der Waals surface area contributed by atoms with Crippen LogP contribution in [0.15, 0.2) is 48.5 Å². The highest BCUT2D eigenvalue weighted by atomic mass is 35.5. The van der Waals surface area contributed by atoms with E-state index in [0.717, 1.165) is 5.56 Å². The number of rotatable bonds is 5. The van der Waals surface area contributed by atoms with Crippen LogP contribution in [-0.2, 0) is 4.79 Å². The molecule has 3 aromatic rings. The van der Waals surface area contributed by atoms with E-state index in [1.165, 1.54) is 40.9 Å². The summed E-state index contributed by atoms with van der Waals surface area (Å²) in [5, 5.41) is 7.13. The fourth-order valence-corrected chi connectivity index (χ4v) is 3.16. The summed E-state index contributed by atoms with van der Waals surface area (Å²) in [6.45, 7) is 3.46. The summed E-state index contributed by atoms with van der Waals surface area (Å²) >= 11 is 6.38. The van der Waals surface area contributed by atoms with Gasteiger partial charge in [-0.1, -0.05) is 29.3 Å². The Balaban J connectivity index is 1.74. The first-order chi connectivity index (χ1) is 13.8. The molecule has 0 spiro atoms. The van der Waals surface area contributed by atoms with Crippen LogP contribution in [0, 0.1) is 19.7 Å². The molecule has 0 aliphatic heterocycles. The predicted molar refractivity (Wildman–Crippen MR) is 110 cm³/mol. The van der Waals surface area contributed by atoms with E-state index in [1.807, 2.05) is 19.1 Å². The Morgan fingerprint density at radius 2 is 1.72 bits per heavy atom. The van der Waals surface area contributed by atoms with Crippen LogP contribution < -0.4 is 5.32 Å². The summed E-state index contributed by atoms with van der Waals surface area (Å²) in [6, 6.07) is 13.0. The smallest absolute Gasteiger partial charge is 0.259 e. The van der Waals surface area contributed by atoms with Crippen molar-refractivity contribution in [2.75, 3.05) is 18.9 Å². The third kappa shape index (κ3) is 4.63. The number of carbonyl (C=O) groups is 2. The second-order valence-electron chi connectivity index (χ2n) is 6.71. The van der Waals surface area contributed by atoms with Gasteiger partial charge in [-0.05, 0) is 50.2 Å². The number of amides is 2. The average molecular weight is 415 g/mol. The number of hydrogen-bond acceptors (Lipinski definition) is 3. The molecule has 0 saturated heterocycles. The molecule has 0 saturated carbocycles. The molecule has 1 N–H and O–H groups in total. The highest BCUT2D eigenvalue weighted by Crippen LogP contribution is 2.25. The molecule has 0 unspecified atom stereocenters. The summed E-state index contributed by atoms with van der Waals surface area (Å²) in [6.07, 6.45) is 0. The molecule has 0 aliphatic carbocycles. The molecule has 150 valence electrons. The number of nitrogens with zero attached hydrogens (tertiary/aromatic N) is 3. The van der Waals surface area contributed by atoms with Crippen molar-refractivity contribution in [2.24, 2.45) is 0 Å². The van der Waals surface area contributed by atoms with Gasteiger partial charge >= 0.3 is 0 Å². The van der Waals surface area contributed by atoms with Crippen LogP contribution in [0.5, 0.6) is 0 Å². The van der Waals surface area contributed by atoms with Crippen LogP contribution in [0.2, 0.25) is 5.15 Å². The molecule has 2 amide bonds. The van der Waals surface area contributed by atoms with E-state index in [4.69, 9.17) is 11.6 Å². The zero-order chi connectivity index (χ0) is 21.1. The van der Waals surface area contributed by atoms with Crippen molar-refractivity contribution in [2.45, 2.75) is 13.8 Å². The van der Waals surface area contributed by atoms with Crippen LogP contribution in [0.3, 0.4) is 0 Å². The zero-order valence-electron chi connectivity index (χ0n) is 16.2. The molecule has 0 radical (unpaired) electrons. The van der Waals surface area contributed by atoms with Gasteiger partial charge < -0.3 is 10.2 Å². The summed E-state index contributed by atoms with van der Waals surface area (Å²) in [7, 11) is 1.52. The van der Waals surface area contributed by atoms with E-state index >= 15 is 0 Å². The number of aryl methyl sites for hydroxylation is 2. The van der Waals surface area contributed by atoms with Crippen molar-refractivity contribution < 1.29 is 14.0 Å². The van der Waals surface area contributed by atoms with Gasteiger partial charge in [0, 0.05) is 12.7 Å². The first kappa shape index (κ1) is 20.5. The van der Waals surface area contributed by atoms with E-state index in [1.54, 1.807) is 19.1 Å². The van der Waals surface area contributed by atoms with Crippen LogP contribution >= 0.6 is 11.6 Å². The Kier molecular flexibility index (Phi) is 5.98. The molecule has 1 heterocycles. The van der Waals surface area contributed by atoms with E-state index in [0.29, 0.717) is 17.1 Å². The van der Waals surface area contributed by atoms with Crippen molar-refractivity contribution in [3.8, 4) is 5.69 Å². The zero-order valence-corrected chi connectivity index (χ0v) is 17.0. The maximum Gasteiger partial charge on any atom is 0.259 e. The second-order valence-corrected chi connectivity index (χ2v) is 7.07. The maximum atomic E-state index is 13.2. The van der Waals surface area contributed by atoms with Crippen LogP contribution in [0.1, 0.15) is 21.6 Å². The van der Waals surface area contributed by atoms with Gasteiger partial charge in [-0.25, -0.2) is 9.07 Å². The number of carbonyl (C=O) groups excluding carboxylic acids is 2. The molecular formula is C21H20ClFN4O2. The van der Waals surface area contributed by atoms with Crippen molar-refractivity contribution in [3.63, 3.8) is 0 Å².